The van der Waals surface area contributed by atoms with Crippen LogP contribution in [0.3, 0.4) is 0 Å². The van der Waals surface area contributed by atoms with E-state index in [-0.39, 0.29) is 5.84 Å². The molecule has 0 aliphatic heterocycles. The number of nitrogen functional groups attached to an aromatic ring is 1. The van der Waals surface area contributed by atoms with E-state index in [1.165, 1.54) is 0 Å². The second-order valence-corrected chi connectivity index (χ2v) is 4.11. The zero-order valence-electron chi connectivity index (χ0n) is 12.0. The van der Waals surface area contributed by atoms with E-state index >= 15 is 0 Å². The zero-order valence-corrected chi connectivity index (χ0v) is 12.0. The maximum absolute atomic E-state index is 7.44. The van der Waals surface area contributed by atoms with Crippen molar-refractivity contribution in [2.75, 3.05) is 40.6 Å². The van der Waals surface area contributed by atoms with Crippen LogP contribution in [0.25, 0.3) is 0 Å². The number of amidine groups is 1. The molecule has 0 heterocycles. The minimum absolute atomic E-state index is 0.0131. The van der Waals surface area contributed by atoms with Crippen molar-refractivity contribution in [3.8, 4) is 5.75 Å². The highest BCUT2D eigenvalue weighted by atomic mass is 16.5. The van der Waals surface area contributed by atoms with Crippen LogP contribution in [0.5, 0.6) is 5.75 Å². The molecule has 1 rings (SSSR count). The lowest BCUT2D eigenvalue weighted by Gasteiger charge is -2.10. The van der Waals surface area contributed by atoms with Crippen LogP contribution >= 0.6 is 0 Å². The summed E-state index contributed by atoms with van der Waals surface area (Å²) in [7, 11) is 3.19. The molecule has 20 heavy (non-hydrogen) atoms. The molecular weight excluding hydrogens is 260 g/mol. The Labute approximate surface area is 119 Å². The predicted molar refractivity (Wildman–Crippen MR) is 76.4 cm³/mol. The molecule has 0 unspecified atom stereocenters. The summed E-state index contributed by atoms with van der Waals surface area (Å²) in [6.07, 6.45) is 0. The van der Waals surface area contributed by atoms with E-state index < -0.39 is 0 Å². The summed E-state index contributed by atoms with van der Waals surface area (Å²) < 4.78 is 20.9. The third kappa shape index (κ3) is 5.56. The first-order valence-corrected chi connectivity index (χ1v) is 6.34. The first kappa shape index (κ1) is 16.4. The van der Waals surface area contributed by atoms with Gasteiger partial charge < -0.3 is 24.7 Å². The molecule has 0 bridgehead atoms. The van der Waals surface area contributed by atoms with Gasteiger partial charge in [-0.15, -0.1) is 0 Å². The number of ether oxygens (including phenoxy) is 4. The second-order valence-electron chi connectivity index (χ2n) is 4.11. The van der Waals surface area contributed by atoms with Gasteiger partial charge in [-0.3, -0.25) is 5.41 Å². The molecule has 0 saturated carbocycles. The van der Waals surface area contributed by atoms with Crippen molar-refractivity contribution in [1.29, 1.82) is 5.41 Å². The van der Waals surface area contributed by atoms with Gasteiger partial charge in [-0.2, -0.15) is 0 Å². The molecule has 0 saturated heterocycles. The Morgan fingerprint density at radius 3 is 2.45 bits per heavy atom. The Balaban J connectivity index is 2.35. The Morgan fingerprint density at radius 2 is 1.80 bits per heavy atom. The lowest BCUT2D eigenvalue weighted by Crippen LogP contribution is -2.13. The monoisotopic (exact) mass is 282 g/mol. The van der Waals surface area contributed by atoms with Crippen LogP contribution < -0.4 is 10.5 Å². The highest BCUT2D eigenvalue weighted by Crippen LogP contribution is 2.20. The third-order valence-electron chi connectivity index (χ3n) is 2.63. The number of nitrogens with one attached hydrogen (secondary N) is 1. The van der Waals surface area contributed by atoms with Gasteiger partial charge >= 0.3 is 0 Å². The number of nitrogens with two attached hydrogens (primary N) is 1. The van der Waals surface area contributed by atoms with E-state index in [0.717, 1.165) is 5.56 Å². The summed E-state index contributed by atoms with van der Waals surface area (Å²) in [5.74, 6) is 0.566. The number of methoxy groups -OCH3 is 2. The summed E-state index contributed by atoms with van der Waals surface area (Å²) in [6.45, 7) is 2.67. The van der Waals surface area contributed by atoms with Gasteiger partial charge in [-0.25, -0.2) is 0 Å². The molecule has 6 heteroatoms. The quantitative estimate of drug-likeness (QED) is 0.382. The van der Waals surface area contributed by atoms with Crippen LogP contribution in [-0.4, -0.2) is 46.5 Å². The summed E-state index contributed by atoms with van der Waals surface area (Å²) in [4.78, 5) is 0. The van der Waals surface area contributed by atoms with E-state index in [2.05, 4.69) is 0 Å². The summed E-state index contributed by atoms with van der Waals surface area (Å²) in [6, 6.07) is 5.45. The molecule has 1 aromatic carbocycles. The van der Waals surface area contributed by atoms with Crippen LogP contribution in [0.2, 0.25) is 0 Å². The van der Waals surface area contributed by atoms with Crippen LogP contribution in [-0.2, 0) is 20.8 Å². The summed E-state index contributed by atoms with van der Waals surface area (Å²) >= 11 is 0. The topological polar surface area (TPSA) is 86.8 Å². The molecule has 0 atom stereocenters. The maximum Gasteiger partial charge on any atom is 0.130 e. The van der Waals surface area contributed by atoms with Crippen molar-refractivity contribution >= 4 is 5.84 Å². The van der Waals surface area contributed by atoms with Gasteiger partial charge in [0.1, 0.15) is 11.6 Å². The lowest BCUT2D eigenvalue weighted by molar-refractivity contribution is 0.0199. The smallest absolute Gasteiger partial charge is 0.130 e. The molecule has 0 aliphatic carbocycles. The molecule has 0 spiro atoms. The van der Waals surface area contributed by atoms with Crippen molar-refractivity contribution in [2.45, 2.75) is 6.61 Å². The summed E-state index contributed by atoms with van der Waals surface area (Å²) in [5.41, 5.74) is 7.01. The molecule has 3 N–H and O–H groups in total. The van der Waals surface area contributed by atoms with Gasteiger partial charge in [0.25, 0.3) is 0 Å². The van der Waals surface area contributed by atoms with Crippen molar-refractivity contribution in [1.82, 2.24) is 0 Å². The molecule has 6 nitrogen and oxygen atoms in total. The molecule has 112 valence electrons. The highest BCUT2D eigenvalue weighted by Gasteiger charge is 2.06. The van der Waals surface area contributed by atoms with Gasteiger partial charge in [-0.05, 0) is 17.7 Å². The Hall–Kier alpha value is -1.63. The van der Waals surface area contributed by atoms with E-state index in [9.17, 15) is 0 Å². The predicted octanol–water partition coefficient (Wildman–Crippen LogP) is 1.16. The molecular formula is C14H22N2O4. The fraction of sp³-hybridized carbons (Fsp3) is 0.500. The molecule has 1 aromatic rings. The number of hydrogen-bond acceptors (Lipinski definition) is 5. The normalized spacial score (nSPS) is 10.5. The van der Waals surface area contributed by atoms with Gasteiger partial charge in [0.15, 0.2) is 0 Å². The SMILES string of the molecule is COCCOCCOCc1ccc(C(=N)N)c(OC)c1. The molecule has 0 aliphatic rings. The average Bonchev–Trinajstić information content (AvgIpc) is 2.45. The number of rotatable bonds is 10. The van der Waals surface area contributed by atoms with Gasteiger partial charge in [0, 0.05) is 7.11 Å². The first-order valence-electron chi connectivity index (χ1n) is 6.34. The van der Waals surface area contributed by atoms with E-state index in [4.69, 9.17) is 30.1 Å². The molecule has 0 aromatic heterocycles. The van der Waals surface area contributed by atoms with Crippen LogP contribution in [0, 0.1) is 5.41 Å². The van der Waals surface area contributed by atoms with Crippen molar-refractivity contribution in [3.63, 3.8) is 0 Å². The Kier molecular flexibility index (Phi) is 7.64. The van der Waals surface area contributed by atoms with Crippen molar-refractivity contribution in [3.05, 3.63) is 29.3 Å². The van der Waals surface area contributed by atoms with E-state index in [1.807, 2.05) is 12.1 Å². The standard InChI is InChI=1S/C14H22N2O4/c1-17-5-6-19-7-8-20-10-11-3-4-12(14(15)16)13(9-11)18-2/h3-4,9H,5-8,10H2,1-2H3,(H3,15,16). The molecule has 0 radical (unpaired) electrons. The van der Waals surface area contributed by atoms with Gasteiger partial charge in [-0.1, -0.05) is 6.07 Å². The third-order valence-corrected chi connectivity index (χ3v) is 2.63. The molecule has 0 amide bonds. The Morgan fingerprint density at radius 1 is 1.10 bits per heavy atom. The minimum Gasteiger partial charge on any atom is -0.496 e. The Bertz CT molecular complexity index is 424. The maximum atomic E-state index is 7.44. The van der Waals surface area contributed by atoms with Crippen LogP contribution in [0.15, 0.2) is 18.2 Å². The second kappa shape index (κ2) is 9.30. The van der Waals surface area contributed by atoms with E-state index in [0.29, 0.717) is 44.3 Å². The zero-order chi connectivity index (χ0) is 14.8. The lowest BCUT2D eigenvalue weighted by atomic mass is 10.1. The fourth-order valence-electron chi connectivity index (χ4n) is 1.60. The van der Waals surface area contributed by atoms with Crippen molar-refractivity contribution < 1.29 is 18.9 Å². The van der Waals surface area contributed by atoms with Gasteiger partial charge in [0.2, 0.25) is 0 Å². The van der Waals surface area contributed by atoms with Gasteiger partial charge in [0.05, 0.1) is 45.7 Å². The van der Waals surface area contributed by atoms with Crippen molar-refractivity contribution in [2.24, 2.45) is 5.73 Å². The highest BCUT2D eigenvalue weighted by molar-refractivity contribution is 5.97. The largest absolute Gasteiger partial charge is 0.496 e. The van der Waals surface area contributed by atoms with Crippen LogP contribution in [0.1, 0.15) is 11.1 Å². The number of hydrogen-bond donors (Lipinski definition) is 2. The number of benzene rings is 1. The fourth-order valence-corrected chi connectivity index (χ4v) is 1.60. The summed E-state index contributed by atoms with van der Waals surface area (Å²) in [5, 5.41) is 7.44. The minimum atomic E-state index is -0.0131. The van der Waals surface area contributed by atoms with Crippen LogP contribution in [0.4, 0.5) is 0 Å². The average molecular weight is 282 g/mol. The first-order chi connectivity index (χ1) is 9.69. The van der Waals surface area contributed by atoms with E-state index in [1.54, 1.807) is 20.3 Å². The molecule has 0 fully saturated rings.